The lowest BCUT2D eigenvalue weighted by molar-refractivity contribution is -0.131. The number of rotatable bonds is 7. The van der Waals surface area contributed by atoms with Crippen molar-refractivity contribution in [3.8, 4) is 0 Å². The molecule has 2 saturated heterocycles. The van der Waals surface area contributed by atoms with Crippen LogP contribution in [-0.2, 0) is 14.3 Å². The summed E-state index contributed by atoms with van der Waals surface area (Å²) in [7, 11) is 0. The van der Waals surface area contributed by atoms with Gasteiger partial charge < -0.3 is 20.7 Å². The van der Waals surface area contributed by atoms with Gasteiger partial charge in [0.15, 0.2) is 0 Å². The summed E-state index contributed by atoms with van der Waals surface area (Å²) in [4.78, 5) is 51.1. The van der Waals surface area contributed by atoms with Crippen molar-refractivity contribution in [1.29, 1.82) is 0 Å². The van der Waals surface area contributed by atoms with E-state index in [1.54, 1.807) is 24.3 Å². The highest BCUT2D eigenvalue weighted by molar-refractivity contribution is 6.08. The van der Waals surface area contributed by atoms with E-state index in [2.05, 4.69) is 16.0 Å². The Morgan fingerprint density at radius 1 is 1.16 bits per heavy atom. The van der Waals surface area contributed by atoms with Gasteiger partial charge in [0.2, 0.25) is 5.91 Å². The summed E-state index contributed by atoms with van der Waals surface area (Å²) in [5.74, 6) is -0.896. The number of hydrogen-bond donors (Lipinski definition) is 3. The Hall–Kier alpha value is -2.94. The second-order valence-corrected chi connectivity index (χ2v) is 8.36. The first-order valence-corrected chi connectivity index (χ1v) is 10.9. The van der Waals surface area contributed by atoms with E-state index in [1.165, 1.54) is 0 Å². The van der Waals surface area contributed by atoms with Gasteiger partial charge in [0.25, 0.3) is 11.8 Å². The number of benzene rings is 1. The molecule has 3 fully saturated rings. The fourth-order valence-corrected chi connectivity index (χ4v) is 4.52. The number of imide groups is 1. The monoisotopic (exact) mass is 428 g/mol. The Labute approximate surface area is 180 Å². The second kappa shape index (κ2) is 9.05. The second-order valence-electron chi connectivity index (χ2n) is 8.36. The quantitative estimate of drug-likeness (QED) is 0.573. The van der Waals surface area contributed by atoms with Crippen molar-refractivity contribution in [3.05, 3.63) is 29.8 Å². The van der Waals surface area contributed by atoms with Crippen molar-refractivity contribution in [1.82, 2.24) is 15.5 Å². The van der Waals surface area contributed by atoms with Gasteiger partial charge in [0.1, 0.15) is 5.54 Å². The Morgan fingerprint density at radius 3 is 2.68 bits per heavy atom. The van der Waals surface area contributed by atoms with Gasteiger partial charge in [0, 0.05) is 26.1 Å². The third-order valence-corrected chi connectivity index (χ3v) is 6.23. The Kier molecular flexibility index (Phi) is 6.22. The van der Waals surface area contributed by atoms with E-state index in [1.807, 2.05) is 0 Å². The summed E-state index contributed by atoms with van der Waals surface area (Å²) in [6.45, 7) is 1.15. The predicted octanol–water partition coefficient (Wildman–Crippen LogP) is 1.79. The maximum absolute atomic E-state index is 12.7. The van der Waals surface area contributed by atoms with Crippen molar-refractivity contribution >= 4 is 29.4 Å². The maximum atomic E-state index is 12.7. The zero-order valence-corrected chi connectivity index (χ0v) is 17.4. The minimum atomic E-state index is -0.777. The van der Waals surface area contributed by atoms with Crippen LogP contribution < -0.4 is 16.0 Å². The molecule has 9 heteroatoms. The third-order valence-electron chi connectivity index (χ3n) is 6.23. The summed E-state index contributed by atoms with van der Waals surface area (Å²) in [6, 6.07) is 6.31. The number of hydrogen-bond acceptors (Lipinski definition) is 5. The molecule has 1 atom stereocenters. The standard InChI is InChI=1S/C22H28N4O5/c27-18(9-12-26-20(29)22(25-21(26)30)10-3-4-11-22)24-17-8-2-1-7-16(17)19(28)23-14-15-6-5-13-31-15/h1-2,7-8,15H,3-6,9-14H2,(H,23,28)(H,24,27)(H,25,30). The highest BCUT2D eigenvalue weighted by Gasteiger charge is 2.52. The zero-order chi connectivity index (χ0) is 21.8. The van der Waals surface area contributed by atoms with Crippen LogP contribution in [0.1, 0.15) is 55.3 Å². The first-order valence-electron chi connectivity index (χ1n) is 10.9. The Balaban J connectivity index is 1.32. The van der Waals surface area contributed by atoms with E-state index >= 15 is 0 Å². The lowest BCUT2D eigenvalue weighted by atomic mass is 9.98. The molecule has 1 aromatic rings. The molecule has 2 heterocycles. The number of anilines is 1. The van der Waals surface area contributed by atoms with E-state index in [0.717, 1.165) is 30.6 Å². The van der Waals surface area contributed by atoms with Crippen LogP contribution in [0.25, 0.3) is 0 Å². The average Bonchev–Trinajstić information content (AvgIpc) is 3.49. The van der Waals surface area contributed by atoms with E-state index in [9.17, 15) is 19.2 Å². The van der Waals surface area contributed by atoms with Gasteiger partial charge in [-0.1, -0.05) is 25.0 Å². The van der Waals surface area contributed by atoms with Crippen molar-refractivity contribution in [3.63, 3.8) is 0 Å². The fourth-order valence-electron chi connectivity index (χ4n) is 4.52. The Bertz CT molecular complexity index is 874. The number of para-hydroxylation sites is 1. The molecule has 4 rings (SSSR count). The number of nitrogens with zero attached hydrogens (tertiary/aromatic N) is 1. The summed E-state index contributed by atoms with van der Waals surface area (Å²) in [5, 5.41) is 8.39. The Morgan fingerprint density at radius 2 is 1.94 bits per heavy atom. The minimum Gasteiger partial charge on any atom is -0.376 e. The highest BCUT2D eigenvalue weighted by Crippen LogP contribution is 2.35. The number of nitrogens with one attached hydrogen (secondary N) is 3. The summed E-state index contributed by atoms with van der Waals surface area (Å²) < 4.78 is 5.52. The van der Waals surface area contributed by atoms with Crippen LogP contribution in [0.4, 0.5) is 10.5 Å². The van der Waals surface area contributed by atoms with Gasteiger partial charge in [0.05, 0.1) is 17.4 Å². The molecule has 0 bridgehead atoms. The largest absolute Gasteiger partial charge is 0.376 e. The smallest absolute Gasteiger partial charge is 0.325 e. The van der Waals surface area contributed by atoms with E-state index in [-0.39, 0.29) is 36.8 Å². The average molecular weight is 428 g/mol. The van der Waals surface area contributed by atoms with Crippen LogP contribution in [0.3, 0.4) is 0 Å². The van der Waals surface area contributed by atoms with E-state index in [0.29, 0.717) is 37.2 Å². The molecule has 0 aromatic heterocycles. The molecule has 1 spiro atoms. The van der Waals surface area contributed by atoms with Gasteiger partial charge >= 0.3 is 6.03 Å². The molecule has 1 unspecified atom stereocenters. The molecule has 3 N–H and O–H groups in total. The topological polar surface area (TPSA) is 117 Å². The van der Waals surface area contributed by atoms with Crippen LogP contribution >= 0.6 is 0 Å². The van der Waals surface area contributed by atoms with Crippen LogP contribution in [0, 0.1) is 0 Å². The molecule has 166 valence electrons. The van der Waals surface area contributed by atoms with E-state index in [4.69, 9.17) is 4.74 Å². The maximum Gasteiger partial charge on any atom is 0.325 e. The van der Waals surface area contributed by atoms with Crippen molar-refractivity contribution in [2.24, 2.45) is 0 Å². The number of carbonyl (C=O) groups is 4. The van der Waals surface area contributed by atoms with Crippen molar-refractivity contribution in [2.75, 3.05) is 25.0 Å². The SMILES string of the molecule is O=C(CCN1C(=O)NC2(CCCC2)C1=O)Nc1ccccc1C(=O)NCC1CCCO1. The molecule has 5 amide bonds. The number of urea groups is 1. The van der Waals surface area contributed by atoms with Crippen LogP contribution in [0.2, 0.25) is 0 Å². The molecular formula is C22H28N4O5. The third kappa shape index (κ3) is 4.56. The normalized spacial score (nSPS) is 22.1. The van der Waals surface area contributed by atoms with Crippen LogP contribution in [0.5, 0.6) is 0 Å². The van der Waals surface area contributed by atoms with Gasteiger partial charge in [-0.3, -0.25) is 19.3 Å². The van der Waals surface area contributed by atoms with E-state index < -0.39 is 11.6 Å². The van der Waals surface area contributed by atoms with Crippen LogP contribution in [-0.4, -0.2) is 60.0 Å². The first kappa shape index (κ1) is 21.3. The number of carbonyl (C=O) groups excluding carboxylic acids is 4. The van der Waals surface area contributed by atoms with Gasteiger partial charge in [-0.25, -0.2) is 4.79 Å². The minimum absolute atomic E-state index is 0.00559. The molecular weight excluding hydrogens is 400 g/mol. The first-order chi connectivity index (χ1) is 15.0. The lowest BCUT2D eigenvalue weighted by Gasteiger charge is -2.20. The van der Waals surface area contributed by atoms with Gasteiger partial charge in [-0.05, 0) is 37.8 Å². The summed E-state index contributed by atoms with van der Waals surface area (Å²) in [6.07, 6.45) is 5.01. The lowest BCUT2D eigenvalue weighted by Crippen LogP contribution is -2.44. The zero-order valence-electron chi connectivity index (χ0n) is 17.4. The molecule has 9 nitrogen and oxygen atoms in total. The molecule has 1 aromatic carbocycles. The molecule has 3 aliphatic rings. The molecule has 1 aliphatic carbocycles. The fraction of sp³-hybridized carbons (Fsp3) is 0.545. The molecule has 2 aliphatic heterocycles. The summed E-state index contributed by atoms with van der Waals surface area (Å²) >= 11 is 0. The summed E-state index contributed by atoms with van der Waals surface area (Å²) in [5.41, 5.74) is -0.0306. The van der Waals surface area contributed by atoms with Gasteiger partial charge in [-0.15, -0.1) is 0 Å². The van der Waals surface area contributed by atoms with Crippen molar-refractivity contribution < 1.29 is 23.9 Å². The molecule has 0 radical (unpaired) electrons. The van der Waals surface area contributed by atoms with Crippen molar-refractivity contribution in [2.45, 2.75) is 56.6 Å². The highest BCUT2D eigenvalue weighted by atomic mass is 16.5. The van der Waals surface area contributed by atoms with Crippen LogP contribution in [0.15, 0.2) is 24.3 Å². The number of ether oxygens (including phenoxy) is 1. The predicted molar refractivity (Wildman–Crippen MR) is 112 cm³/mol. The molecule has 31 heavy (non-hydrogen) atoms. The van der Waals surface area contributed by atoms with Gasteiger partial charge in [-0.2, -0.15) is 0 Å². The number of amides is 5. The molecule has 1 saturated carbocycles.